The van der Waals surface area contributed by atoms with Crippen LogP contribution in [0.15, 0.2) is 65.0 Å². The van der Waals surface area contributed by atoms with Crippen LogP contribution in [-0.4, -0.2) is 40.9 Å². The van der Waals surface area contributed by atoms with E-state index in [1.807, 2.05) is 64.0 Å². The molecule has 0 spiro atoms. The van der Waals surface area contributed by atoms with E-state index in [-0.39, 0.29) is 11.9 Å². The highest BCUT2D eigenvalue weighted by atomic mass is 32.2. The van der Waals surface area contributed by atoms with Crippen LogP contribution in [-0.2, 0) is 15.3 Å². The number of thioether (sulfide) groups is 1. The number of nitrogens with one attached hydrogen (secondary N) is 1. The van der Waals surface area contributed by atoms with Gasteiger partial charge in [-0.15, -0.1) is 5.10 Å². The molecule has 0 saturated carbocycles. The maximum Gasteiger partial charge on any atom is 0.338 e. The van der Waals surface area contributed by atoms with E-state index in [0.29, 0.717) is 33.7 Å². The fourth-order valence-electron chi connectivity index (χ4n) is 3.76. The zero-order valence-electron chi connectivity index (χ0n) is 19.9. The first-order chi connectivity index (χ1) is 16.2. The molecule has 7 nitrogen and oxygen atoms in total. The highest BCUT2D eigenvalue weighted by Gasteiger charge is 2.35. The summed E-state index contributed by atoms with van der Waals surface area (Å²) in [5.41, 5.74) is 3.66. The minimum atomic E-state index is -0.506. The summed E-state index contributed by atoms with van der Waals surface area (Å²) in [6.07, 6.45) is -0.256. The number of nitrogens with zero attached hydrogens (tertiary/aromatic N) is 4. The molecule has 1 N–H and O–H groups in total. The van der Waals surface area contributed by atoms with Gasteiger partial charge in [0.15, 0.2) is 0 Å². The molecule has 9 heteroatoms. The van der Waals surface area contributed by atoms with Gasteiger partial charge in [-0.1, -0.05) is 42.1 Å². The summed E-state index contributed by atoms with van der Waals surface area (Å²) < 4.78 is 21.3. The first kappa shape index (κ1) is 23.8. The van der Waals surface area contributed by atoms with Crippen molar-refractivity contribution < 1.29 is 13.9 Å². The lowest BCUT2D eigenvalue weighted by molar-refractivity contribution is -0.143. The van der Waals surface area contributed by atoms with E-state index < -0.39 is 12.0 Å². The van der Waals surface area contributed by atoms with E-state index in [9.17, 15) is 9.18 Å². The third-order valence-electron chi connectivity index (χ3n) is 5.44. The number of fused-ring (bicyclic) bond motifs is 1. The Morgan fingerprint density at radius 2 is 1.91 bits per heavy atom. The number of halogens is 1. The number of esters is 1. The van der Waals surface area contributed by atoms with Gasteiger partial charge in [0.2, 0.25) is 11.1 Å². The molecular formula is C25H28FN5O2S. The third-order valence-corrected chi connectivity index (χ3v) is 6.32. The Morgan fingerprint density at radius 3 is 2.56 bits per heavy atom. The van der Waals surface area contributed by atoms with Crippen molar-refractivity contribution in [3.05, 3.63) is 76.7 Å². The molecule has 0 saturated heterocycles. The number of ether oxygens (including phenoxy) is 1. The predicted octanol–water partition coefficient (Wildman–Crippen LogP) is 5.02. The van der Waals surface area contributed by atoms with Crippen molar-refractivity contribution in [2.45, 2.75) is 43.8 Å². The largest absolute Gasteiger partial charge is 0.459 e. The molecule has 0 amide bonds. The van der Waals surface area contributed by atoms with Crippen molar-refractivity contribution in [1.29, 1.82) is 0 Å². The summed E-state index contributed by atoms with van der Waals surface area (Å²) in [5.74, 6) is 0.263. The molecule has 0 bridgehead atoms. The summed E-state index contributed by atoms with van der Waals surface area (Å²) in [5, 5.41) is 8.38. The second kappa shape index (κ2) is 9.89. The maximum atomic E-state index is 14.1. The van der Waals surface area contributed by atoms with Crippen molar-refractivity contribution in [3.8, 4) is 0 Å². The van der Waals surface area contributed by atoms with Gasteiger partial charge in [0.1, 0.15) is 11.9 Å². The number of carbonyl (C=O) groups is 1. The molecule has 178 valence electrons. The van der Waals surface area contributed by atoms with Crippen LogP contribution in [0.2, 0.25) is 0 Å². The van der Waals surface area contributed by atoms with Gasteiger partial charge < -0.3 is 15.0 Å². The van der Waals surface area contributed by atoms with Gasteiger partial charge in [0.05, 0.1) is 11.7 Å². The van der Waals surface area contributed by atoms with Crippen LogP contribution < -0.4 is 10.2 Å². The Labute approximate surface area is 203 Å². The summed E-state index contributed by atoms with van der Waals surface area (Å²) in [6.45, 7) is 5.48. The number of benzene rings is 2. The molecular weight excluding hydrogens is 453 g/mol. The summed E-state index contributed by atoms with van der Waals surface area (Å²) in [4.78, 5) is 19.7. The predicted molar refractivity (Wildman–Crippen MR) is 132 cm³/mol. The van der Waals surface area contributed by atoms with Gasteiger partial charge in [-0.2, -0.15) is 4.98 Å². The lowest BCUT2D eigenvalue weighted by Crippen LogP contribution is -2.30. The Kier molecular flexibility index (Phi) is 6.92. The van der Waals surface area contributed by atoms with Gasteiger partial charge >= 0.3 is 5.97 Å². The number of rotatable bonds is 7. The fourth-order valence-corrected chi connectivity index (χ4v) is 4.57. The highest BCUT2D eigenvalue weighted by molar-refractivity contribution is 7.98. The van der Waals surface area contributed by atoms with Gasteiger partial charge in [-0.3, -0.25) is 0 Å². The lowest BCUT2D eigenvalue weighted by atomic mass is 9.95. The molecule has 2 heterocycles. The van der Waals surface area contributed by atoms with Gasteiger partial charge in [0, 0.05) is 31.2 Å². The molecule has 0 aliphatic carbocycles. The number of allylic oxidation sites excluding steroid dienone is 1. The Bertz CT molecular complexity index is 1220. The number of carbonyl (C=O) groups excluding carboxylic acids is 1. The van der Waals surface area contributed by atoms with Crippen LogP contribution in [0.3, 0.4) is 0 Å². The summed E-state index contributed by atoms with van der Waals surface area (Å²) in [7, 11) is 3.95. The molecule has 4 rings (SSSR count). The molecule has 1 atom stereocenters. The molecule has 0 radical (unpaired) electrons. The van der Waals surface area contributed by atoms with Crippen molar-refractivity contribution >= 4 is 29.4 Å². The van der Waals surface area contributed by atoms with E-state index in [0.717, 1.165) is 11.3 Å². The fraction of sp³-hybridized carbons (Fsp3) is 0.320. The normalized spacial score (nSPS) is 15.2. The van der Waals surface area contributed by atoms with Crippen molar-refractivity contribution in [3.63, 3.8) is 0 Å². The topological polar surface area (TPSA) is 72.3 Å². The van der Waals surface area contributed by atoms with Crippen LogP contribution in [0.5, 0.6) is 0 Å². The van der Waals surface area contributed by atoms with Crippen LogP contribution in [0.1, 0.15) is 37.9 Å². The number of anilines is 2. The van der Waals surface area contributed by atoms with Crippen molar-refractivity contribution in [1.82, 2.24) is 14.8 Å². The zero-order chi connectivity index (χ0) is 24.4. The molecule has 0 fully saturated rings. The average Bonchev–Trinajstić information content (AvgIpc) is 3.19. The molecule has 1 aromatic heterocycles. The third kappa shape index (κ3) is 4.94. The first-order valence-corrected chi connectivity index (χ1v) is 12.0. The Morgan fingerprint density at radius 1 is 1.21 bits per heavy atom. The molecule has 2 aromatic carbocycles. The summed E-state index contributed by atoms with van der Waals surface area (Å²) in [6, 6.07) is 14.1. The maximum absolute atomic E-state index is 14.1. The second-order valence-corrected chi connectivity index (χ2v) is 9.49. The van der Waals surface area contributed by atoms with Gasteiger partial charge in [0.25, 0.3) is 0 Å². The SMILES string of the molecule is CC1=C(C(=O)OC(C)C)C(c2ccc(N(C)C)cc2)n2nc(SCc3ccccc3F)nc2N1. The number of hydrogen-bond acceptors (Lipinski definition) is 7. The number of hydrogen-bond donors (Lipinski definition) is 1. The van der Waals surface area contributed by atoms with E-state index in [1.54, 1.807) is 22.9 Å². The van der Waals surface area contributed by atoms with Gasteiger partial charge in [-0.25, -0.2) is 13.9 Å². The second-order valence-electron chi connectivity index (χ2n) is 8.55. The standard InChI is InChI=1S/C25H28FN5O2S/c1-15(2)33-23(32)21-16(3)27-24-28-25(34-14-18-8-6-7-9-20(18)26)29-31(24)22(21)17-10-12-19(13-11-17)30(4)5/h6-13,15,22H,14H2,1-5H3,(H,27,28,29). The van der Waals surface area contributed by atoms with E-state index in [1.165, 1.54) is 17.8 Å². The van der Waals surface area contributed by atoms with Crippen LogP contribution in [0.25, 0.3) is 0 Å². The van der Waals surface area contributed by atoms with E-state index in [4.69, 9.17) is 4.74 Å². The molecule has 34 heavy (non-hydrogen) atoms. The Balaban J connectivity index is 1.70. The first-order valence-electron chi connectivity index (χ1n) is 11.0. The van der Waals surface area contributed by atoms with Crippen molar-refractivity contribution in [2.75, 3.05) is 24.3 Å². The van der Waals surface area contributed by atoms with Gasteiger partial charge in [-0.05, 0) is 50.1 Å². The number of aromatic nitrogens is 3. The Hall–Kier alpha value is -3.33. The minimum absolute atomic E-state index is 0.256. The van der Waals surface area contributed by atoms with E-state index in [2.05, 4.69) is 15.4 Å². The highest BCUT2D eigenvalue weighted by Crippen LogP contribution is 2.37. The summed E-state index contributed by atoms with van der Waals surface area (Å²) >= 11 is 1.34. The van der Waals surface area contributed by atoms with Crippen molar-refractivity contribution in [2.24, 2.45) is 0 Å². The molecule has 1 aliphatic rings. The van der Waals surface area contributed by atoms with Crippen LogP contribution in [0, 0.1) is 5.82 Å². The molecule has 3 aromatic rings. The lowest BCUT2D eigenvalue weighted by Gasteiger charge is -2.28. The quantitative estimate of drug-likeness (QED) is 0.375. The zero-order valence-corrected chi connectivity index (χ0v) is 20.7. The van der Waals surface area contributed by atoms with Crippen LogP contribution >= 0.6 is 11.8 Å². The molecule has 1 aliphatic heterocycles. The minimum Gasteiger partial charge on any atom is -0.459 e. The monoisotopic (exact) mass is 481 g/mol. The van der Waals surface area contributed by atoms with Crippen LogP contribution in [0.4, 0.5) is 16.0 Å². The van der Waals surface area contributed by atoms with E-state index >= 15 is 0 Å². The smallest absolute Gasteiger partial charge is 0.338 e. The molecule has 1 unspecified atom stereocenters. The average molecular weight is 482 g/mol.